The normalized spacial score (nSPS) is 16.1. The van der Waals surface area contributed by atoms with E-state index in [4.69, 9.17) is 9.88 Å². The average Bonchev–Trinajstić information content (AvgIpc) is 2.96. The number of phenols is 1. The fourth-order valence-corrected chi connectivity index (χ4v) is 1.93. The lowest BCUT2D eigenvalue weighted by Gasteiger charge is -2.07. The van der Waals surface area contributed by atoms with Crippen molar-refractivity contribution in [1.29, 1.82) is 0 Å². The molecule has 6 heteroatoms. The van der Waals surface area contributed by atoms with Gasteiger partial charge in [0.05, 0.1) is 6.61 Å². The number of hydrogen-bond donors (Lipinski definition) is 2. The summed E-state index contributed by atoms with van der Waals surface area (Å²) in [6.07, 6.45) is 2.34. The Kier molecular flexibility index (Phi) is 2.77. The first-order valence-corrected chi connectivity index (χ1v) is 6.50. The van der Waals surface area contributed by atoms with Gasteiger partial charge in [-0.3, -0.25) is 0 Å². The molecule has 0 bridgehead atoms. The smallest absolute Gasteiger partial charge is 0.241 e. The number of ether oxygens (including phenoxy) is 1. The second-order valence-electron chi connectivity index (χ2n) is 3.93. The summed E-state index contributed by atoms with van der Waals surface area (Å²) in [6.45, 7) is 0.605. The van der Waals surface area contributed by atoms with Crippen molar-refractivity contribution in [3.8, 4) is 11.5 Å². The summed E-state index contributed by atoms with van der Waals surface area (Å²) in [5, 5.41) is 14.4. The number of rotatable bonds is 4. The Bertz CT molecular complexity index is 494. The number of aromatic hydroxyl groups is 1. The van der Waals surface area contributed by atoms with E-state index in [1.165, 1.54) is 31.0 Å². The van der Waals surface area contributed by atoms with Gasteiger partial charge in [0, 0.05) is 6.07 Å². The molecule has 0 spiro atoms. The van der Waals surface area contributed by atoms with Crippen LogP contribution in [-0.4, -0.2) is 20.1 Å². The Balaban J connectivity index is 2.15. The van der Waals surface area contributed by atoms with Crippen LogP contribution in [0.1, 0.15) is 12.8 Å². The molecule has 2 rings (SSSR count). The molecule has 1 saturated carbocycles. The van der Waals surface area contributed by atoms with E-state index in [0.717, 1.165) is 0 Å². The molecule has 0 saturated heterocycles. The molecule has 16 heavy (non-hydrogen) atoms. The topological polar surface area (TPSA) is 89.6 Å². The zero-order valence-electron chi connectivity index (χ0n) is 8.59. The molecule has 0 aromatic heterocycles. The maximum Gasteiger partial charge on any atom is 0.241 e. The molecule has 5 nitrogen and oxygen atoms in total. The third-order valence-electron chi connectivity index (χ3n) is 2.42. The van der Waals surface area contributed by atoms with Crippen LogP contribution in [0.15, 0.2) is 23.1 Å². The third kappa shape index (κ3) is 2.65. The zero-order chi connectivity index (χ0) is 11.8. The second kappa shape index (κ2) is 3.95. The highest BCUT2D eigenvalue weighted by molar-refractivity contribution is 7.89. The molecule has 0 heterocycles. The summed E-state index contributed by atoms with van der Waals surface area (Å²) in [5.74, 6) is 0.674. The number of hydrogen-bond acceptors (Lipinski definition) is 4. The van der Waals surface area contributed by atoms with E-state index in [-0.39, 0.29) is 10.6 Å². The maximum absolute atomic E-state index is 11.0. The monoisotopic (exact) mass is 243 g/mol. The Labute approximate surface area is 93.9 Å². The summed E-state index contributed by atoms with van der Waals surface area (Å²) in [6, 6.07) is 4.00. The molecular weight excluding hydrogens is 230 g/mol. The predicted octanol–water partition coefficient (Wildman–Crippen LogP) is 0.828. The highest BCUT2D eigenvalue weighted by Crippen LogP contribution is 2.31. The lowest BCUT2D eigenvalue weighted by atomic mass is 10.3. The molecule has 1 aliphatic carbocycles. The van der Waals surface area contributed by atoms with E-state index in [0.29, 0.717) is 18.3 Å². The van der Waals surface area contributed by atoms with Crippen molar-refractivity contribution >= 4 is 10.0 Å². The molecule has 1 aromatic carbocycles. The summed E-state index contributed by atoms with van der Waals surface area (Å²) >= 11 is 0. The van der Waals surface area contributed by atoms with Crippen LogP contribution < -0.4 is 9.88 Å². The van der Waals surface area contributed by atoms with Crippen molar-refractivity contribution in [2.45, 2.75) is 17.7 Å². The molecule has 0 atom stereocenters. The van der Waals surface area contributed by atoms with Crippen LogP contribution in [0.4, 0.5) is 0 Å². The van der Waals surface area contributed by atoms with Gasteiger partial charge in [-0.15, -0.1) is 0 Å². The second-order valence-corrected chi connectivity index (χ2v) is 5.46. The van der Waals surface area contributed by atoms with Crippen molar-refractivity contribution in [2.75, 3.05) is 6.61 Å². The van der Waals surface area contributed by atoms with Gasteiger partial charge in [-0.05, 0) is 30.9 Å². The first-order valence-electron chi connectivity index (χ1n) is 4.95. The van der Waals surface area contributed by atoms with E-state index in [2.05, 4.69) is 0 Å². The van der Waals surface area contributed by atoms with E-state index < -0.39 is 10.0 Å². The van der Waals surface area contributed by atoms with Crippen LogP contribution >= 0.6 is 0 Å². The van der Waals surface area contributed by atoms with Crippen LogP contribution in [-0.2, 0) is 10.0 Å². The van der Waals surface area contributed by atoms with Crippen LogP contribution in [0.5, 0.6) is 11.5 Å². The van der Waals surface area contributed by atoms with Gasteiger partial charge in [0.25, 0.3) is 0 Å². The first-order chi connectivity index (χ1) is 7.47. The maximum atomic E-state index is 11.0. The van der Waals surface area contributed by atoms with Gasteiger partial charge in [-0.25, -0.2) is 13.6 Å². The fourth-order valence-electron chi connectivity index (χ4n) is 1.33. The van der Waals surface area contributed by atoms with Crippen molar-refractivity contribution in [3.05, 3.63) is 18.2 Å². The zero-order valence-corrected chi connectivity index (χ0v) is 9.40. The first kappa shape index (κ1) is 11.2. The molecule has 3 N–H and O–H groups in total. The van der Waals surface area contributed by atoms with Crippen LogP contribution in [0.25, 0.3) is 0 Å². The SMILES string of the molecule is NS(=O)(=O)c1ccc(OCC2CC2)cc1O. The molecule has 0 aliphatic heterocycles. The predicted molar refractivity (Wildman–Crippen MR) is 57.7 cm³/mol. The van der Waals surface area contributed by atoms with E-state index in [1.807, 2.05) is 0 Å². The van der Waals surface area contributed by atoms with E-state index in [9.17, 15) is 13.5 Å². The Morgan fingerprint density at radius 3 is 2.62 bits per heavy atom. The Morgan fingerprint density at radius 2 is 2.12 bits per heavy atom. The van der Waals surface area contributed by atoms with Gasteiger partial charge in [-0.1, -0.05) is 0 Å². The van der Waals surface area contributed by atoms with Crippen molar-refractivity contribution in [3.63, 3.8) is 0 Å². The number of primary sulfonamides is 1. The van der Waals surface area contributed by atoms with Crippen molar-refractivity contribution < 1.29 is 18.3 Å². The van der Waals surface area contributed by atoms with Crippen molar-refractivity contribution in [2.24, 2.45) is 11.1 Å². The molecule has 1 aliphatic rings. The third-order valence-corrected chi connectivity index (χ3v) is 3.38. The van der Waals surface area contributed by atoms with E-state index >= 15 is 0 Å². The molecule has 1 aromatic rings. The molecule has 0 radical (unpaired) electrons. The molecular formula is C10H13NO4S. The lowest BCUT2D eigenvalue weighted by molar-refractivity contribution is 0.297. The minimum absolute atomic E-state index is 0.286. The molecule has 0 unspecified atom stereocenters. The number of nitrogens with two attached hydrogens (primary N) is 1. The fraction of sp³-hybridized carbons (Fsp3) is 0.400. The molecule has 1 fully saturated rings. The lowest BCUT2D eigenvalue weighted by Crippen LogP contribution is -2.12. The number of phenolic OH excluding ortho intramolecular Hbond substituents is 1. The van der Waals surface area contributed by atoms with Crippen LogP contribution in [0.2, 0.25) is 0 Å². The summed E-state index contributed by atoms with van der Waals surface area (Å²) in [5.41, 5.74) is 0. The quantitative estimate of drug-likeness (QED) is 0.819. The highest BCUT2D eigenvalue weighted by Gasteiger charge is 2.22. The minimum atomic E-state index is -3.87. The summed E-state index contributed by atoms with van der Waals surface area (Å²) in [4.78, 5) is -0.286. The molecule has 0 amide bonds. The number of benzene rings is 1. The largest absolute Gasteiger partial charge is 0.506 e. The van der Waals surface area contributed by atoms with Gasteiger partial charge < -0.3 is 9.84 Å². The van der Waals surface area contributed by atoms with Gasteiger partial charge in [0.1, 0.15) is 16.4 Å². The summed E-state index contributed by atoms with van der Waals surface area (Å²) in [7, 11) is -3.87. The van der Waals surface area contributed by atoms with Crippen LogP contribution in [0.3, 0.4) is 0 Å². The van der Waals surface area contributed by atoms with Gasteiger partial charge >= 0.3 is 0 Å². The average molecular weight is 243 g/mol. The number of sulfonamides is 1. The standard InChI is InChI=1S/C10H13NO4S/c11-16(13,14)10-4-3-8(5-9(10)12)15-6-7-1-2-7/h3-5,7,12H,1-2,6H2,(H2,11,13,14). The van der Waals surface area contributed by atoms with Gasteiger partial charge in [0.15, 0.2) is 0 Å². The van der Waals surface area contributed by atoms with Crippen molar-refractivity contribution in [1.82, 2.24) is 0 Å². The van der Waals surface area contributed by atoms with E-state index in [1.54, 1.807) is 0 Å². The molecule has 88 valence electrons. The van der Waals surface area contributed by atoms with Gasteiger partial charge in [0.2, 0.25) is 10.0 Å². The Hall–Kier alpha value is -1.27. The minimum Gasteiger partial charge on any atom is -0.506 e. The highest BCUT2D eigenvalue weighted by atomic mass is 32.2. The Morgan fingerprint density at radius 1 is 1.44 bits per heavy atom. The summed E-state index contributed by atoms with van der Waals surface area (Å²) < 4.78 is 27.4. The van der Waals surface area contributed by atoms with Crippen LogP contribution in [0, 0.1) is 5.92 Å². The van der Waals surface area contributed by atoms with Gasteiger partial charge in [-0.2, -0.15) is 0 Å².